The van der Waals surface area contributed by atoms with Crippen molar-refractivity contribution < 1.29 is 13.8 Å². The van der Waals surface area contributed by atoms with Crippen LogP contribution in [0.15, 0.2) is 69.8 Å². The van der Waals surface area contributed by atoms with E-state index in [0.717, 1.165) is 5.56 Å². The van der Waals surface area contributed by atoms with Gasteiger partial charge in [0.05, 0.1) is 5.92 Å². The van der Waals surface area contributed by atoms with Crippen LogP contribution in [0.5, 0.6) is 0 Å². The molecule has 0 unspecified atom stereocenters. The van der Waals surface area contributed by atoms with Gasteiger partial charge in [-0.3, -0.25) is 9.78 Å². The lowest BCUT2D eigenvalue weighted by atomic mass is 9.99. The first-order chi connectivity index (χ1) is 13.8. The van der Waals surface area contributed by atoms with Crippen LogP contribution in [0.4, 0.5) is 0 Å². The fourth-order valence-corrected chi connectivity index (χ4v) is 3.08. The number of rotatable bonds is 4. The molecule has 1 fully saturated rings. The number of carbonyl (C=O) groups excluding carboxylic acids is 1. The summed E-state index contributed by atoms with van der Waals surface area (Å²) in [7, 11) is 0. The van der Waals surface area contributed by atoms with Crippen LogP contribution in [0, 0.1) is 0 Å². The van der Waals surface area contributed by atoms with E-state index in [0.29, 0.717) is 36.3 Å². The second-order valence-corrected chi connectivity index (χ2v) is 6.52. The summed E-state index contributed by atoms with van der Waals surface area (Å²) in [5.74, 6) is 1.36. The zero-order valence-corrected chi connectivity index (χ0v) is 14.7. The monoisotopic (exact) mass is 373 g/mol. The van der Waals surface area contributed by atoms with Gasteiger partial charge in [0.15, 0.2) is 11.5 Å². The van der Waals surface area contributed by atoms with E-state index in [4.69, 9.17) is 9.05 Å². The fraction of sp³-hybridized carbons (Fsp3) is 0.150. The van der Waals surface area contributed by atoms with Crippen molar-refractivity contribution in [3.8, 4) is 22.8 Å². The third-order valence-corrected chi connectivity index (χ3v) is 4.64. The van der Waals surface area contributed by atoms with E-state index < -0.39 is 0 Å². The van der Waals surface area contributed by atoms with Crippen molar-refractivity contribution in [1.29, 1.82) is 0 Å². The minimum absolute atomic E-state index is 0.00871. The highest BCUT2D eigenvalue weighted by Crippen LogP contribution is 2.29. The van der Waals surface area contributed by atoms with E-state index in [2.05, 4.69) is 20.3 Å². The van der Waals surface area contributed by atoms with Crippen molar-refractivity contribution >= 4 is 5.91 Å². The number of pyridine rings is 1. The highest BCUT2D eigenvalue weighted by molar-refractivity contribution is 5.93. The minimum atomic E-state index is -0.174. The van der Waals surface area contributed by atoms with Gasteiger partial charge >= 0.3 is 0 Å². The maximum atomic E-state index is 12.6. The Kier molecular flexibility index (Phi) is 3.93. The van der Waals surface area contributed by atoms with E-state index in [1.54, 1.807) is 17.2 Å². The van der Waals surface area contributed by atoms with E-state index in [9.17, 15) is 4.79 Å². The van der Waals surface area contributed by atoms with E-state index in [1.165, 1.54) is 0 Å². The van der Waals surface area contributed by atoms with Crippen molar-refractivity contribution in [3.05, 3.63) is 72.4 Å². The molecule has 4 aromatic rings. The van der Waals surface area contributed by atoms with Crippen molar-refractivity contribution in [2.45, 2.75) is 5.92 Å². The molecule has 1 saturated heterocycles. The van der Waals surface area contributed by atoms with Crippen LogP contribution in [0.25, 0.3) is 22.8 Å². The van der Waals surface area contributed by atoms with Crippen LogP contribution >= 0.6 is 0 Å². The molecule has 0 bridgehead atoms. The summed E-state index contributed by atoms with van der Waals surface area (Å²) in [5, 5.41) is 7.89. The molecule has 1 amide bonds. The highest BCUT2D eigenvalue weighted by Gasteiger charge is 2.37. The minimum Gasteiger partial charge on any atom is -0.355 e. The Bertz CT molecular complexity index is 1100. The molecule has 0 aliphatic carbocycles. The van der Waals surface area contributed by atoms with Crippen LogP contribution in [-0.4, -0.2) is 44.2 Å². The lowest BCUT2D eigenvalue weighted by Crippen LogP contribution is -2.48. The quantitative estimate of drug-likeness (QED) is 0.542. The molecular formula is C20H15N5O3. The molecule has 0 saturated carbocycles. The molecular weight excluding hydrogens is 358 g/mol. The summed E-state index contributed by atoms with van der Waals surface area (Å²) in [4.78, 5) is 22.9. The number of amides is 1. The van der Waals surface area contributed by atoms with Gasteiger partial charge in [0.1, 0.15) is 5.69 Å². The van der Waals surface area contributed by atoms with Gasteiger partial charge in [-0.1, -0.05) is 46.7 Å². The second kappa shape index (κ2) is 6.73. The topological polar surface area (TPSA) is 98.2 Å². The number of likely N-dealkylation sites (tertiary alicyclic amines) is 1. The van der Waals surface area contributed by atoms with Gasteiger partial charge in [0.25, 0.3) is 5.91 Å². The molecule has 0 radical (unpaired) electrons. The van der Waals surface area contributed by atoms with Crippen molar-refractivity contribution in [2.24, 2.45) is 0 Å². The SMILES string of the molecule is O=C(c1cc(-c2ccccc2)on1)N1CC(c2nc(-c3ccccn3)no2)C1. The summed E-state index contributed by atoms with van der Waals surface area (Å²) in [6, 6.07) is 16.7. The molecule has 8 heteroatoms. The lowest BCUT2D eigenvalue weighted by molar-refractivity contribution is 0.0559. The zero-order valence-electron chi connectivity index (χ0n) is 14.7. The van der Waals surface area contributed by atoms with Gasteiger partial charge in [-0.05, 0) is 12.1 Å². The molecule has 5 rings (SSSR count). The molecule has 1 aromatic carbocycles. The number of carbonyl (C=O) groups is 1. The van der Waals surface area contributed by atoms with Gasteiger partial charge in [0, 0.05) is 30.9 Å². The van der Waals surface area contributed by atoms with Gasteiger partial charge in [0.2, 0.25) is 11.7 Å². The average molecular weight is 373 g/mol. The average Bonchev–Trinajstić information content (AvgIpc) is 3.38. The highest BCUT2D eigenvalue weighted by atomic mass is 16.5. The molecule has 0 spiro atoms. The zero-order chi connectivity index (χ0) is 18.9. The molecule has 28 heavy (non-hydrogen) atoms. The first-order valence-corrected chi connectivity index (χ1v) is 8.84. The Morgan fingerprint density at radius 3 is 2.61 bits per heavy atom. The summed E-state index contributed by atoms with van der Waals surface area (Å²) in [6.45, 7) is 0.992. The Morgan fingerprint density at radius 1 is 1.00 bits per heavy atom. The molecule has 8 nitrogen and oxygen atoms in total. The van der Waals surface area contributed by atoms with Gasteiger partial charge in [-0.15, -0.1) is 0 Å². The predicted molar refractivity (Wildman–Crippen MR) is 98.1 cm³/mol. The van der Waals surface area contributed by atoms with Crippen LogP contribution in [0.3, 0.4) is 0 Å². The van der Waals surface area contributed by atoms with Crippen molar-refractivity contribution in [1.82, 2.24) is 25.2 Å². The van der Waals surface area contributed by atoms with E-state index in [-0.39, 0.29) is 17.5 Å². The Balaban J connectivity index is 1.24. The molecule has 138 valence electrons. The van der Waals surface area contributed by atoms with Crippen molar-refractivity contribution in [2.75, 3.05) is 13.1 Å². The Hall–Kier alpha value is -3.81. The summed E-state index contributed by atoms with van der Waals surface area (Å²) in [6.07, 6.45) is 1.68. The first kappa shape index (κ1) is 16.4. The maximum Gasteiger partial charge on any atom is 0.276 e. The van der Waals surface area contributed by atoms with Crippen LogP contribution in [0.1, 0.15) is 22.3 Å². The van der Waals surface area contributed by atoms with Crippen LogP contribution < -0.4 is 0 Å². The Labute approximate surface area is 159 Å². The maximum absolute atomic E-state index is 12.6. The molecule has 1 aliphatic heterocycles. The second-order valence-electron chi connectivity index (χ2n) is 6.52. The third kappa shape index (κ3) is 2.94. The number of aromatic nitrogens is 4. The number of hydrogen-bond acceptors (Lipinski definition) is 7. The largest absolute Gasteiger partial charge is 0.355 e. The summed E-state index contributed by atoms with van der Waals surface area (Å²) >= 11 is 0. The lowest BCUT2D eigenvalue weighted by Gasteiger charge is -2.36. The molecule has 3 aromatic heterocycles. The van der Waals surface area contributed by atoms with Gasteiger partial charge in [-0.25, -0.2) is 0 Å². The standard InChI is InChI=1S/C20H15N5O3/c26-20(16-10-17(27-23-16)13-6-2-1-3-7-13)25-11-14(12-25)19-22-18(24-28-19)15-8-4-5-9-21-15/h1-10,14H,11-12H2. The van der Waals surface area contributed by atoms with Gasteiger partial charge < -0.3 is 13.9 Å². The Morgan fingerprint density at radius 2 is 1.82 bits per heavy atom. The van der Waals surface area contributed by atoms with E-state index in [1.807, 2.05) is 48.5 Å². The molecule has 1 aliphatic rings. The van der Waals surface area contributed by atoms with Crippen molar-refractivity contribution in [3.63, 3.8) is 0 Å². The summed E-state index contributed by atoms with van der Waals surface area (Å²) < 4.78 is 10.7. The fourth-order valence-electron chi connectivity index (χ4n) is 3.08. The molecule has 0 atom stereocenters. The van der Waals surface area contributed by atoms with Gasteiger partial charge in [-0.2, -0.15) is 4.98 Å². The number of nitrogens with zero attached hydrogens (tertiary/aromatic N) is 5. The molecule has 4 heterocycles. The normalized spacial score (nSPS) is 14.1. The number of hydrogen-bond donors (Lipinski definition) is 0. The predicted octanol–water partition coefficient (Wildman–Crippen LogP) is 3.03. The smallest absolute Gasteiger partial charge is 0.276 e. The first-order valence-electron chi connectivity index (χ1n) is 8.84. The molecule has 0 N–H and O–H groups in total. The van der Waals surface area contributed by atoms with E-state index >= 15 is 0 Å². The van der Waals surface area contributed by atoms with Crippen LogP contribution in [-0.2, 0) is 0 Å². The van der Waals surface area contributed by atoms with Crippen LogP contribution in [0.2, 0.25) is 0 Å². The third-order valence-electron chi connectivity index (χ3n) is 4.64. The summed E-state index contributed by atoms with van der Waals surface area (Å²) in [5.41, 5.74) is 1.82. The number of benzene rings is 1.